The average molecular weight is 435 g/mol. The first kappa shape index (κ1) is 20.6. The van der Waals surface area contributed by atoms with E-state index in [4.69, 9.17) is 13.5 Å². The van der Waals surface area contributed by atoms with Gasteiger partial charge in [-0.3, -0.25) is 19.2 Å². The molecule has 30 heavy (non-hydrogen) atoms. The minimum atomic E-state index is -3.70. The number of amidine groups is 1. The second kappa shape index (κ2) is 7.86. The third kappa shape index (κ3) is 3.98. The lowest BCUT2D eigenvalue weighted by molar-refractivity contribution is -0.402. The van der Waals surface area contributed by atoms with E-state index in [0.29, 0.717) is 23.9 Å². The lowest BCUT2D eigenvalue weighted by Gasteiger charge is -2.40. The van der Waals surface area contributed by atoms with Gasteiger partial charge < -0.3 is 14.4 Å². The lowest BCUT2D eigenvalue weighted by Crippen LogP contribution is -2.41. The van der Waals surface area contributed by atoms with Gasteiger partial charge in [0.05, 0.1) is 18.7 Å². The van der Waals surface area contributed by atoms with Crippen LogP contribution in [0.4, 0.5) is 5.88 Å². The van der Waals surface area contributed by atoms with E-state index >= 15 is 0 Å². The van der Waals surface area contributed by atoms with E-state index in [1.165, 1.54) is 20.3 Å². The first-order valence-electron chi connectivity index (χ1n) is 9.45. The minimum Gasteiger partial charge on any atom is -0.508 e. The summed E-state index contributed by atoms with van der Waals surface area (Å²) in [5, 5.41) is 21.0. The van der Waals surface area contributed by atoms with Crippen molar-refractivity contribution in [3.63, 3.8) is 0 Å². The summed E-state index contributed by atoms with van der Waals surface area (Å²) in [6, 6.07) is 7.87. The van der Waals surface area contributed by atoms with Crippen molar-refractivity contribution in [2.45, 2.75) is 31.8 Å². The van der Waals surface area contributed by atoms with Crippen LogP contribution in [0.25, 0.3) is 0 Å². The summed E-state index contributed by atoms with van der Waals surface area (Å²) in [6.45, 7) is 0.191. The van der Waals surface area contributed by atoms with Crippen LogP contribution in [0.1, 0.15) is 35.8 Å². The molecule has 1 saturated carbocycles. The Kier molecular flexibility index (Phi) is 5.40. The molecule has 0 saturated heterocycles. The number of hydrogen-bond donors (Lipinski definition) is 1. The zero-order chi connectivity index (χ0) is 21.5. The van der Waals surface area contributed by atoms with Crippen molar-refractivity contribution in [2.75, 3.05) is 14.2 Å². The average Bonchev–Trinajstić information content (AvgIpc) is 3.45. The molecule has 2 aliphatic rings. The molecule has 11 heteroatoms. The number of phenols is 1. The first-order chi connectivity index (χ1) is 14.3. The van der Waals surface area contributed by atoms with E-state index < -0.39 is 12.7 Å². The number of furan rings is 1. The maximum absolute atomic E-state index is 12.8. The maximum Gasteiger partial charge on any atom is 0.454 e. The zero-order valence-corrected chi connectivity index (χ0v) is 17.4. The zero-order valence-electron chi connectivity index (χ0n) is 16.6. The van der Waals surface area contributed by atoms with E-state index in [0.717, 1.165) is 24.0 Å². The number of rotatable bonds is 7. The lowest BCUT2D eigenvalue weighted by atomic mass is 9.88. The third-order valence-electron chi connectivity index (χ3n) is 5.39. The van der Waals surface area contributed by atoms with Gasteiger partial charge >= 0.3 is 13.6 Å². The molecule has 1 aromatic heterocycles. The molecule has 0 bridgehead atoms. The summed E-state index contributed by atoms with van der Waals surface area (Å²) in [5.74, 6) is 0.990. The highest BCUT2D eigenvalue weighted by molar-refractivity contribution is 7.52. The summed E-state index contributed by atoms with van der Waals surface area (Å²) >= 11 is 0. The Morgan fingerprint density at radius 1 is 1.30 bits per heavy atom. The van der Waals surface area contributed by atoms with Crippen molar-refractivity contribution in [3.8, 4) is 5.75 Å². The quantitative estimate of drug-likeness (QED) is 0.389. The van der Waals surface area contributed by atoms with E-state index in [9.17, 15) is 19.8 Å². The largest absolute Gasteiger partial charge is 0.508 e. The molecule has 1 atom stereocenters. The van der Waals surface area contributed by atoms with Gasteiger partial charge in [0.25, 0.3) is 0 Å². The van der Waals surface area contributed by atoms with Crippen molar-refractivity contribution >= 4 is 19.5 Å². The molecule has 160 valence electrons. The summed E-state index contributed by atoms with van der Waals surface area (Å²) in [7, 11) is -1.17. The molecule has 1 aliphatic carbocycles. The van der Waals surface area contributed by atoms with Crippen molar-refractivity contribution in [3.05, 3.63) is 57.3 Å². The van der Waals surface area contributed by atoms with Crippen LogP contribution in [-0.2, 0) is 26.6 Å². The second-order valence-electron chi connectivity index (χ2n) is 7.32. The maximum atomic E-state index is 12.8. The molecule has 4 rings (SSSR count). The molecule has 2 heterocycles. The normalized spacial score (nSPS) is 20.4. The number of nitrogens with zero attached hydrogens (tertiary/aromatic N) is 3. The van der Waals surface area contributed by atoms with Gasteiger partial charge in [-0.15, -0.1) is 0 Å². The molecule has 0 spiro atoms. The molecular formula is C19H22N3O7P. The monoisotopic (exact) mass is 435 g/mol. The molecule has 0 amide bonds. The van der Waals surface area contributed by atoms with Crippen LogP contribution < -0.4 is 0 Å². The minimum absolute atomic E-state index is 0.147. The predicted octanol–water partition coefficient (Wildman–Crippen LogP) is 4.20. The second-order valence-corrected chi connectivity index (χ2v) is 9.18. The Labute approximate surface area is 172 Å². The first-order valence-corrected chi connectivity index (χ1v) is 10.9. The molecular weight excluding hydrogens is 413 g/mol. The predicted molar refractivity (Wildman–Crippen MR) is 107 cm³/mol. The van der Waals surface area contributed by atoms with Gasteiger partial charge in [-0.1, -0.05) is 6.07 Å². The number of aromatic hydroxyl groups is 1. The number of nitro groups is 1. The number of phenolic OH excluding ortho intramolecular Hbond substituents is 1. The van der Waals surface area contributed by atoms with Gasteiger partial charge in [-0.05, 0) is 48.1 Å². The van der Waals surface area contributed by atoms with Crippen LogP contribution in [0.5, 0.6) is 5.75 Å². The fourth-order valence-electron chi connectivity index (χ4n) is 3.84. The Bertz CT molecular complexity index is 1040. The molecule has 1 aromatic carbocycles. The molecule has 1 N–H and O–H groups in total. The smallest absolute Gasteiger partial charge is 0.454 e. The summed E-state index contributed by atoms with van der Waals surface area (Å²) < 4.78 is 32.5. The van der Waals surface area contributed by atoms with Crippen LogP contribution in [0.15, 0.2) is 39.5 Å². The van der Waals surface area contributed by atoms with E-state index in [1.54, 1.807) is 18.2 Å². The van der Waals surface area contributed by atoms with Crippen molar-refractivity contribution in [2.24, 2.45) is 10.7 Å². The van der Waals surface area contributed by atoms with Gasteiger partial charge in [-0.25, -0.2) is 4.57 Å². The summed E-state index contributed by atoms with van der Waals surface area (Å²) in [6.07, 6.45) is 2.33. The summed E-state index contributed by atoms with van der Waals surface area (Å²) in [4.78, 5) is 12.3. The fraction of sp³-hybridized carbons (Fsp3) is 0.421. The van der Waals surface area contributed by atoms with Gasteiger partial charge in [0.2, 0.25) is 0 Å². The Hall–Kier alpha value is -2.68. The highest BCUT2D eigenvalue weighted by Gasteiger charge is 2.43. The van der Waals surface area contributed by atoms with E-state index in [2.05, 4.69) is 4.76 Å². The number of fused-ring (bicyclic) bond motifs is 1. The van der Waals surface area contributed by atoms with E-state index in [-0.39, 0.29) is 24.2 Å². The molecule has 1 fully saturated rings. The highest BCUT2D eigenvalue weighted by Crippen LogP contribution is 2.52. The van der Waals surface area contributed by atoms with Crippen LogP contribution in [-0.4, -0.2) is 35.0 Å². The van der Waals surface area contributed by atoms with Gasteiger partial charge in [0.1, 0.15) is 22.3 Å². The summed E-state index contributed by atoms with van der Waals surface area (Å²) in [5.41, 5.74) is 1.92. The van der Waals surface area contributed by atoms with Crippen molar-refractivity contribution in [1.82, 2.24) is 4.90 Å². The fourth-order valence-corrected chi connectivity index (χ4v) is 4.62. The molecule has 10 nitrogen and oxygen atoms in total. The van der Waals surface area contributed by atoms with Crippen LogP contribution in [0, 0.1) is 16.0 Å². The SMILES string of the molecule is COP(=O)(/N=C1/Cc2ccc(O)cc2C(C2CC2)N1Cc1ccc([N+](=O)[O-])o1)OC. The van der Waals surface area contributed by atoms with Crippen LogP contribution in [0.2, 0.25) is 0 Å². The van der Waals surface area contributed by atoms with Crippen molar-refractivity contribution in [1.29, 1.82) is 0 Å². The third-order valence-corrected chi connectivity index (χ3v) is 6.78. The van der Waals surface area contributed by atoms with Crippen LogP contribution >= 0.6 is 7.75 Å². The molecule has 1 aliphatic heterocycles. The molecule has 2 aromatic rings. The number of benzene rings is 1. The van der Waals surface area contributed by atoms with Gasteiger partial charge in [-0.2, -0.15) is 4.76 Å². The van der Waals surface area contributed by atoms with Crippen molar-refractivity contribution < 1.29 is 28.1 Å². The van der Waals surface area contributed by atoms with Gasteiger partial charge in [0, 0.05) is 20.6 Å². The van der Waals surface area contributed by atoms with Gasteiger partial charge in [0.15, 0.2) is 0 Å². The standard InChI is InChI=1S/C19H22N3O7P/c1-27-30(26,28-2)20-17-9-13-5-6-14(23)10-16(13)19(12-3-4-12)21(17)11-15-7-8-18(29-15)22(24)25/h5-8,10,12,19,23H,3-4,9,11H2,1-2H3/b20-17-. The van der Waals surface area contributed by atoms with E-state index in [1.807, 2.05) is 11.0 Å². The molecule has 0 radical (unpaired) electrons. The topological polar surface area (TPSA) is 128 Å². The van der Waals surface area contributed by atoms with Crippen LogP contribution in [0.3, 0.4) is 0 Å². The Morgan fingerprint density at radius 3 is 2.63 bits per heavy atom. The number of hydrogen-bond acceptors (Lipinski definition) is 7. The molecule has 1 unspecified atom stereocenters. The Morgan fingerprint density at radius 2 is 2.03 bits per heavy atom. The Balaban J connectivity index is 1.80. The highest BCUT2D eigenvalue weighted by atomic mass is 31.2.